The van der Waals surface area contributed by atoms with Gasteiger partial charge < -0.3 is 10.4 Å². The number of aromatic nitrogens is 4. The van der Waals surface area contributed by atoms with Crippen LogP contribution < -0.4 is 5.32 Å². The van der Waals surface area contributed by atoms with E-state index in [0.29, 0.717) is 11.7 Å². The average Bonchev–Trinajstić information content (AvgIpc) is 3.10. The van der Waals surface area contributed by atoms with Crippen LogP contribution in [0.15, 0.2) is 30.7 Å². The third-order valence-electron chi connectivity index (χ3n) is 8.43. The lowest BCUT2D eigenvalue weighted by Crippen LogP contribution is -2.27. The summed E-state index contributed by atoms with van der Waals surface area (Å²) in [5, 5.41) is 23.3. The van der Waals surface area contributed by atoms with Crippen LogP contribution in [0.2, 0.25) is 0 Å². The predicted molar refractivity (Wildman–Crippen MR) is 132 cm³/mol. The van der Waals surface area contributed by atoms with Gasteiger partial charge in [0.1, 0.15) is 22.8 Å². The Kier molecular flexibility index (Phi) is 4.42. The Morgan fingerprint density at radius 1 is 1.29 bits per heavy atom. The number of carbonyl (C=O) groups is 1. The first-order valence-corrected chi connectivity index (χ1v) is 13.0. The van der Waals surface area contributed by atoms with Gasteiger partial charge in [0.2, 0.25) is 0 Å². The second-order valence-electron chi connectivity index (χ2n) is 10.6. The molecule has 1 aromatic carbocycles. The zero-order chi connectivity index (χ0) is 23.0. The zero-order valence-electron chi connectivity index (χ0n) is 19.0. The molecule has 8 heteroatoms. The Balaban J connectivity index is 1.15. The van der Waals surface area contributed by atoms with E-state index in [1.54, 1.807) is 17.7 Å². The van der Waals surface area contributed by atoms with Gasteiger partial charge in [-0.3, -0.25) is 9.89 Å². The van der Waals surface area contributed by atoms with Crippen molar-refractivity contribution in [2.75, 3.05) is 5.32 Å². The summed E-state index contributed by atoms with van der Waals surface area (Å²) in [6, 6.07) is 6.09. The quantitative estimate of drug-likeness (QED) is 0.394. The number of Topliss-reactive ketones (excluding diaryl/α,β-unsaturated/α-hetero) is 1. The van der Waals surface area contributed by atoms with E-state index < -0.39 is 0 Å². The van der Waals surface area contributed by atoms with Crippen LogP contribution in [0.3, 0.4) is 0 Å². The van der Waals surface area contributed by atoms with Crippen molar-refractivity contribution in [1.82, 2.24) is 20.2 Å². The molecule has 3 N–H and O–H groups in total. The highest BCUT2D eigenvalue weighted by Gasteiger charge is 2.65. The summed E-state index contributed by atoms with van der Waals surface area (Å²) >= 11 is 1.70. The van der Waals surface area contributed by atoms with Crippen LogP contribution in [0.4, 0.5) is 11.5 Å². The highest BCUT2D eigenvalue weighted by Crippen LogP contribution is 2.65. The number of carbonyl (C=O) groups excluding carboxylic acids is 1. The molecule has 34 heavy (non-hydrogen) atoms. The number of benzene rings is 1. The standard InChI is InChI=1S/C26H27N5O2S/c1-13-6-21(32)26(9-13)10-18(26)23(33)14-2-4-17-20(8-14)34-25-22(17)24(27-12-28-25)30-16-3-5-19-15(7-16)11-29-31-19/h3,5,7,11-14,18,21,32H,2,4,6,8-10H2,1H3,(H,29,31)(H,27,28,30). The maximum absolute atomic E-state index is 13.4. The third kappa shape index (κ3) is 3.04. The molecule has 5 atom stereocenters. The van der Waals surface area contributed by atoms with Crippen molar-refractivity contribution in [3.8, 4) is 0 Å². The average molecular weight is 474 g/mol. The highest BCUT2D eigenvalue weighted by atomic mass is 32.1. The molecule has 0 amide bonds. The number of aliphatic hydroxyl groups is 1. The predicted octanol–water partition coefficient (Wildman–Crippen LogP) is 4.78. The van der Waals surface area contributed by atoms with E-state index in [0.717, 1.165) is 71.1 Å². The molecule has 3 aliphatic rings. The van der Waals surface area contributed by atoms with E-state index in [1.807, 2.05) is 18.3 Å². The Morgan fingerprint density at radius 2 is 2.21 bits per heavy atom. The number of aliphatic hydroxyl groups excluding tert-OH is 1. The number of aryl methyl sites for hydroxylation is 1. The van der Waals surface area contributed by atoms with E-state index >= 15 is 0 Å². The summed E-state index contributed by atoms with van der Waals surface area (Å²) in [6.45, 7) is 2.20. The van der Waals surface area contributed by atoms with Crippen molar-refractivity contribution >= 4 is 49.7 Å². The van der Waals surface area contributed by atoms with Crippen molar-refractivity contribution in [1.29, 1.82) is 0 Å². The van der Waals surface area contributed by atoms with Crippen LogP contribution in [-0.4, -0.2) is 37.2 Å². The fourth-order valence-electron chi connectivity index (χ4n) is 6.67. The molecule has 0 saturated heterocycles. The molecule has 5 unspecified atom stereocenters. The maximum Gasteiger partial charge on any atom is 0.142 e. The van der Waals surface area contributed by atoms with Crippen molar-refractivity contribution < 1.29 is 9.90 Å². The monoisotopic (exact) mass is 473 g/mol. The van der Waals surface area contributed by atoms with Gasteiger partial charge >= 0.3 is 0 Å². The normalized spacial score (nSPS) is 30.2. The topological polar surface area (TPSA) is 104 Å². The lowest BCUT2D eigenvalue weighted by molar-refractivity contribution is -0.125. The molecule has 0 radical (unpaired) electrons. The van der Waals surface area contributed by atoms with E-state index in [4.69, 9.17) is 0 Å². The van der Waals surface area contributed by atoms with E-state index in [2.05, 4.69) is 38.5 Å². The van der Waals surface area contributed by atoms with Crippen molar-refractivity contribution in [2.45, 2.75) is 51.6 Å². The Bertz CT molecular complexity index is 1440. The van der Waals surface area contributed by atoms with Crippen LogP contribution in [0.1, 0.15) is 43.0 Å². The fourth-order valence-corrected chi connectivity index (χ4v) is 7.94. The second kappa shape index (κ2) is 7.33. The number of rotatable bonds is 4. The molecule has 3 aromatic heterocycles. The molecule has 4 aromatic rings. The van der Waals surface area contributed by atoms with Gasteiger partial charge in [-0.2, -0.15) is 5.10 Å². The summed E-state index contributed by atoms with van der Waals surface area (Å²) in [5.41, 5.74) is 3.13. The number of ketones is 1. The molecule has 174 valence electrons. The largest absolute Gasteiger partial charge is 0.393 e. The summed E-state index contributed by atoms with van der Waals surface area (Å²) in [7, 11) is 0. The molecule has 3 aliphatic carbocycles. The Morgan fingerprint density at radius 3 is 3.06 bits per heavy atom. The van der Waals surface area contributed by atoms with Crippen molar-refractivity contribution in [3.05, 3.63) is 41.2 Å². The molecule has 0 bridgehead atoms. The van der Waals surface area contributed by atoms with E-state index in [9.17, 15) is 9.90 Å². The van der Waals surface area contributed by atoms with Crippen molar-refractivity contribution in [2.24, 2.45) is 23.2 Å². The summed E-state index contributed by atoms with van der Waals surface area (Å²) in [6.07, 6.45) is 8.37. The van der Waals surface area contributed by atoms with Gasteiger partial charge in [-0.05, 0) is 68.2 Å². The first-order valence-electron chi connectivity index (χ1n) is 12.2. The molecule has 7 rings (SSSR count). The number of hydrogen-bond acceptors (Lipinski definition) is 7. The fraction of sp³-hybridized carbons (Fsp3) is 0.462. The van der Waals surface area contributed by atoms with Gasteiger partial charge in [-0.25, -0.2) is 9.97 Å². The maximum atomic E-state index is 13.4. The van der Waals surface area contributed by atoms with Crippen molar-refractivity contribution in [3.63, 3.8) is 0 Å². The number of nitrogens with zero attached hydrogens (tertiary/aromatic N) is 3. The number of thiophene rings is 1. The Hall–Kier alpha value is -2.84. The minimum absolute atomic E-state index is 0.0564. The lowest BCUT2D eigenvalue weighted by atomic mass is 9.82. The molecule has 0 aliphatic heterocycles. The van der Waals surface area contributed by atoms with E-state index in [-0.39, 0.29) is 23.4 Å². The van der Waals surface area contributed by atoms with Crippen LogP contribution in [0.25, 0.3) is 21.1 Å². The summed E-state index contributed by atoms with van der Waals surface area (Å²) in [5.74, 6) is 1.84. The molecule has 2 fully saturated rings. The molecule has 7 nitrogen and oxygen atoms in total. The first kappa shape index (κ1) is 20.5. The van der Waals surface area contributed by atoms with Gasteiger partial charge in [-0.1, -0.05) is 6.92 Å². The number of fused-ring (bicyclic) bond motifs is 4. The second-order valence-corrected chi connectivity index (χ2v) is 11.7. The number of H-pyrrole nitrogens is 1. The zero-order valence-corrected chi connectivity index (χ0v) is 19.9. The SMILES string of the molecule is CC1CC(O)C2(C1)CC2C(=O)C1CCc2c(sc3ncnc(Nc4ccc5[nH]ncc5c4)c23)C1. The van der Waals surface area contributed by atoms with Crippen LogP contribution in [0.5, 0.6) is 0 Å². The van der Waals surface area contributed by atoms with Gasteiger partial charge in [0.05, 0.1) is 23.2 Å². The Labute approximate surface area is 201 Å². The number of hydrogen-bond donors (Lipinski definition) is 3. The lowest BCUT2D eigenvalue weighted by Gasteiger charge is -2.23. The molecule has 1 spiro atoms. The molecule has 2 saturated carbocycles. The summed E-state index contributed by atoms with van der Waals surface area (Å²) in [4.78, 5) is 24.8. The molecule has 3 heterocycles. The number of nitrogens with one attached hydrogen (secondary N) is 2. The third-order valence-corrected chi connectivity index (χ3v) is 9.59. The minimum atomic E-state index is -0.301. The summed E-state index contributed by atoms with van der Waals surface area (Å²) < 4.78 is 0. The van der Waals surface area contributed by atoms with Gasteiger partial charge in [-0.15, -0.1) is 11.3 Å². The smallest absolute Gasteiger partial charge is 0.142 e. The minimum Gasteiger partial charge on any atom is -0.393 e. The van der Waals surface area contributed by atoms with Crippen LogP contribution in [-0.2, 0) is 17.6 Å². The van der Waals surface area contributed by atoms with Gasteiger partial charge in [0, 0.05) is 33.2 Å². The van der Waals surface area contributed by atoms with Gasteiger partial charge in [0.25, 0.3) is 0 Å². The highest BCUT2D eigenvalue weighted by molar-refractivity contribution is 7.19. The molecular formula is C26H27N5O2S. The van der Waals surface area contributed by atoms with Gasteiger partial charge in [0.15, 0.2) is 0 Å². The first-order chi connectivity index (χ1) is 16.5. The number of aromatic amines is 1. The van der Waals surface area contributed by atoms with Crippen LogP contribution in [0, 0.1) is 23.2 Å². The van der Waals surface area contributed by atoms with Crippen LogP contribution >= 0.6 is 11.3 Å². The van der Waals surface area contributed by atoms with E-state index in [1.165, 1.54) is 10.4 Å². The number of anilines is 2. The molecular weight excluding hydrogens is 446 g/mol.